The van der Waals surface area contributed by atoms with Gasteiger partial charge in [0, 0.05) is 12.4 Å². The van der Waals surface area contributed by atoms with Crippen molar-refractivity contribution in [2.45, 2.75) is 0 Å². The zero-order chi connectivity index (χ0) is 13.5. The Morgan fingerprint density at radius 1 is 1.05 bits per heavy atom. The molecule has 0 aliphatic heterocycles. The monoisotopic (exact) mass is 310 g/mol. The molecule has 3 aromatic rings. The molecule has 3 rings (SSSR count). The average Bonchev–Trinajstić information content (AvgIpc) is 2.78. The van der Waals surface area contributed by atoms with E-state index >= 15 is 0 Å². The quantitative estimate of drug-likeness (QED) is 0.413. The molecule has 0 amide bonds. The summed E-state index contributed by atoms with van der Waals surface area (Å²) in [5.74, 6) is 0. The van der Waals surface area contributed by atoms with Gasteiger partial charge in [-0.15, -0.1) is 0 Å². The van der Waals surface area contributed by atoms with E-state index in [1.165, 1.54) is 0 Å². The van der Waals surface area contributed by atoms with E-state index in [4.69, 9.17) is 0 Å². The van der Waals surface area contributed by atoms with E-state index in [9.17, 15) is 9.46 Å². The van der Waals surface area contributed by atoms with E-state index < -0.39 is 7.37 Å². The fourth-order valence-electron chi connectivity index (χ4n) is 2.14. The minimum atomic E-state index is -3.91. The van der Waals surface area contributed by atoms with Crippen molar-refractivity contribution >= 4 is 29.3 Å². The van der Waals surface area contributed by atoms with E-state index in [-0.39, 0.29) is 62.3 Å². The maximum atomic E-state index is 12.6. The smallest absolute Gasteiger partial charge is 0.790 e. The van der Waals surface area contributed by atoms with Gasteiger partial charge in [-0.25, -0.2) is 4.98 Å². The number of imidazole rings is 1. The minimum Gasteiger partial charge on any atom is -0.790 e. The Labute approximate surface area is 159 Å². The van der Waals surface area contributed by atoms with Gasteiger partial charge in [0.15, 0.2) is 5.57 Å². The van der Waals surface area contributed by atoms with Crippen molar-refractivity contribution in [1.29, 1.82) is 0 Å². The Balaban J connectivity index is 0.00000147. The van der Waals surface area contributed by atoms with E-state index in [0.717, 1.165) is 5.52 Å². The average molecular weight is 310 g/mol. The molecular weight excluding hydrogens is 298 g/mol. The molecule has 1 heterocycles. The summed E-state index contributed by atoms with van der Waals surface area (Å²) >= 11 is 0. The van der Waals surface area contributed by atoms with Crippen molar-refractivity contribution < 1.29 is 60.8 Å². The third-order valence-corrected chi connectivity index (χ3v) is 5.03. The Kier molecular flexibility index (Phi) is 5.03. The number of hydrogen-bond acceptors (Lipinski definition) is 3. The SMILES string of the molecule is Cn1c(P(=O)([O-])c2ccccc2)nc2ccccc21.[K+]. The molecule has 96 valence electrons. The standard InChI is InChI=1S/C14H13N2O2P.K/c1-16-13-10-6-5-9-12(13)15-14(16)19(17,18)11-7-3-2-4-8-11;/h2-10H,1H3,(H,17,18);/q;+1/p-1. The first-order valence-electron chi connectivity index (χ1n) is 5.89. The van der Waals surface area contributed by atoms with Crippen molar-refractivity contribution in [3.8, 4) is 0 Å². The molecule has 0 saturated carbocycles. The van der Waals surface area contributed by atoms with Gasteiger partial charge in [0.25, 0.3) is 0 Å². The number of aromatic nitrogens is 2. The van der Waals surface area contributed by atoms with Crippen LogP contribution in [0.2, 0.25) is 0 Å². The summed E-state index contributed by atoms with van der Waals surface area (Å²) in [6, 6.07) is 15.8. The molecule has 0 saturated heterocycles. The molecule has 0 aliphatic rings. The second-order valence-electron chi connectivity index (χ2n) is 4.35. The third-order valence-electron chi connectivity index (χ3n) is 3.12. The number of fused-ring (bicyclic) bond motifs is 1. The van der Waals surface area contributed by atoms with E-state index in [0.29, 0.717) is 5.52 Å². The van der Waals surface area contributed by atoms with Crippen LogP contribution < -0.4 is 67.1 Å². The fraction of sp³-hybridized carbons (Fsp3) is 0.0714. The first-order chi connectivity index (χ1) is 9.10. The van der Waals surface area contributed by atoms with Crippen LogP contribution in [0.3, 0.4) is 0 Å². The number of nitrogens with zero attached hydrogens (tertiary/aromatic N) is 2. The summed E-state index contributed by atoms with van der Waals surface area (Å²) in [6.07, 6.45) is 0. The van der Waals surface area contributed by atoms with E-state index in [1.54, 1.807) is 41.9 Å². The summed E-state index contributed by atoms with van der Waals surface area (Å²) in [7, 11) is -2.19. The topological polar surface area (TPSA) is 58.0 Å². The van der Waals surface area contributed by atoms with Crippen LogP contribution in [0.25, 0.3) is 11.0 Å². The molecule has 0 aliphatic carbocycles. The first kappa shape index (κ1) is 16.1. The zero-order valence-corrected chi connectivity index (χ0v) is 15.4. The van der Waals surface area contributed by atoms with E-state index in [2.05, 4.69) is 4.98 Å². The molecule has 2 aromatic carbocycles. The molecule has 0 radical (unpaired) electrons. The second-order valence-corrected chi connectivity index (χ2v) is 6.37. The Hall–Kier alpha value is -0.264. The molecule has 0 N–H and O–H groups in total. The largest absolute Gasteiger partial charge is 1.00 e. The summed E-state index contributed by atoms with van der Waals surface area (Å²) in [5, 5.41) is 0.286. The van der Waals surface area contributed by atoms with Crippen LogP contribution in [0.5, 0.6) is 0 Å². The van der Waals surface area contributed by atoms with Crippen LogP contribution >= 0.6 is 7.37 Å². The van der Waals surface area contributed by atoms with Crippen LogP contribution in [0.15, 0.2) is 54.6 Å². The predicted octanol–water partition coefficient (Wildman–Crippen LogP) is -1.83. The van der Waals surface area contributed by atoms with Gasteiger partial charge in [0.05, 0.1) is 11.0 Å². The first-order valence-corrected chi connectivity index (χ1v) is 7.52. The number of benzene rings is 2. The van der Waals surface area contributed by atoms with Gasteiger partial charge in [-0.05, 0) is 12.1 Å². The van der Waals surface area contributed by atoms with Crippen LogP contribution in [0, 0.1) is 0 Å². The second kappa shape index (κ2) is 6.24. The molecule has 0 fully saturated rings. The summed E-state index contributed by atoms with van der Waals surface area (Å²) < 4.78 is 14.2. The number of para-hydroxylation sites is 2. The van der Waals surface area contributed by atoms with Crippen LogP contribution in [0.1, 0.15) is 0 Å². The molecule has 6 heteroatoms. The van der Waals surface area contributed by atoms with E-state index in [1.807, 2.05) is 24.3 Å². The van der Waals surface area contributed by atoms with Crippen molar-refractivity contribution in [3.63, 3.8) is 0 Å². The minimum absolute atomic E-state index is 0. The molecule has 1 unspecified atom stereocenters. The van der Waals surface area contributed by atoms with Crippen molar-refractivity contribution in [3.05, 3.63) is 54.6 Å². The van der Waals surface area contributed by atoms with Crippen molar-refractivity contribution in [1.82, 2.24) is 9.55 Å². The Morgan fingerprint density at radius 2 is 1.65 bits per heavy atom. The third kappa shape index (κ3) is 2.72. The van der Waals surface area contributed by atoms with Crippen molar-refractivity contribution in [2.75, 3.05) is 0 Å². The fourth-order valence-corrected chi connectivity index (χ4v) is 3.67. The van der Waals surface area contributed by atoms with Gasteiger partial charge in [-0.3, -0.25) is 0 Å². The molecular formula is C14H12KN2O2P. The Bertz CT molecular complexity index is 786. The summed E-state index contributed by atoms with van der Waals surface area (Å²) in [6.45, 7) is 0. The zero-order valence-electron chi connectivity index (χ0n) is 11.4. The number of hydrogen-bond donors (Lipinski definition) is 0. The number of aryl methyl sites for hydroxylation is 1. The Morgan fingerprint density at radius 3 is 2.30 bits per heavy atom. The van der Waals surface area contributed by atoms with Crippen LogP contribution in [-0.4, -0.2) is 9.55 Å². The normalized spacial score (nSPS) is 13.7. The molecule has 20 heavy (non-hydrogen) atoms. The maximum absolute atomic E-state index is 12.6. The van der Waals surface area contributed by atoms with Gasteiger partial charge in [0.1, 0.15) is 7.37 Å². The van der Waals surface area contributed by atoms with Gasteiger partial charge < -0.3 is 14.0 Å². The molecule has 1 atom stereocenters. The number of rotatable bonds is 2. The summed E-state index contributed by atoms with van der Waals surface area (Å²) in [4.78, 5) is 16.8. The molecule has 4 nitrogen and oxygen atoms in total. The van der Waals surface area contributed by atoms with Gasteiger partial charge >= 0.3 is 51.4 Å². The predicted molar refractivity (Wildman–Crippen MR) is 74.0 cm³/mol. The summed E-state index contributed by atoms with van der Waals surface area (Å²) in [5.41, 5.74) is 1.59. The van der Waals surface area contributed by atoms with Gasteiger partial charge in [-0.2, -0.15) is 0 Å². The molecule has 1 aromatic heterocycles. The molecule has 0 spiro atoms. The maximum Gasteiger partial charge on any atom is 1.00 e. The van der Waals surface area contributed by atoms with Crippen LogP contribution in [0.4, 0.5) is 0 Å². The molecule has 0 bridgehead atoms. The van der Waals surface area contributed by atoms with Crippen LogP contribution in [-0.2, 0) is 11.6 Å². The van der Waals surface area contributed by atoms with Gasteiger partial charge in [0.2, 0.25) is 0 Å². The van der Waals surface area contributed by atoms with Crippen molar-refractivity contribution in [2.24, 2.45) is 7.05 Å². The van der Waals surface area contributed by atoms with Gasteiger partial charge in [-0.1, -0.05) is 42.5 Å².